The summed E-state index contributed by atoms with van der Waals surface area (Å²) in [6, 6.07) is 0. The molecule has 1 aromatic rings. The van der Waals surface area contributed by atoms with Crippen LogP contribution in [-0.2, 0) is 22.4 Å². The maximum absolute atomic E-state index is 12.2. The fraction of sp³-hybridized carbons (Fsp3) is 0.533. The van der Waals surface area contributed by atoms with Crippen molar-refractivity contribution in [1.29, 1.82) is 0 Å². The molecule has 2 rings (SSSR count). The lowest BCUT2D eigenvalue weighted by molar-refractivity contribution is -0.143. The van der Waals surface area contributed by atoms with Crippen molar-refractivity contribution in [2.75, 3.05) is 6.61 Å². The number of rotatable bonds is 5. The number of aryl methyl sites for hydroxylation is 1. The Labute approximate surface area is 117 Å². The molecule has 0 bridgehead atoms. The number of H-pyrrole nitrogens is 1. The first-order valence-electron chi connectivity index (χ1n) is 7.05. The van der Waals surface area contributed by atoms with Crippen LogP contribution in [0.15, 0.2) is 0 Å². The molecule has 1 aliphatic rings. The van der Waals surface area contributed by atoms with Crippen molar-refractivity contribution in [3.05, 3.63) is 22.5 Å². The monoisotopic (exact) mass is 277 g/mol. The molecule has 0 aliphatic heterocycles. The third kappa shape index (κ3) is 2.98. The molecule has 5 nitrogen and oxygen atoms in total. The van der Waals surface area contributed by atoms with Crippen LogP contribution < -0.4 is 0 Å². The second-order valence-corrected chi connectivity index (χ2v) is 4.92. The fourth-order valence-corrected chi connectivity index (χ4v) is 2.67. The van der Waals surface area contributed by atoms with Crippen LogP contribution in [0.2, 0.25) is 0 Å². The Morgan fingerprint density at radius 2 is 2.10 bits per heavy atom. The predicted molar refractivity (Wildman–Crippen MR) is 73.0 cm³/mol. The largest absolute Gasteiger partial charge is 0.466 e. The normalized spacial score (nSPS) is 14.6. The first kappa shape index (κ1) is 14.5. The highest BCUT2D eigenvalue weighted by Crippen LogP contribution is 2.26. The van der Waals surface area contributed by atoms with E-state index in [1.54, 1.807) is 6.92 Å². The first-order valence-corrected chi connectivity index (χ1v) is 7.05. The van der Waals surface area contributed by atoms with Gasteiger partial charge >= 0.3 is 5.97 Å². The minimum Gasteiger partial charge on any atom is -0.466 e. The van der Waals surface area contributed by atoms with Crippen LogP contribution >= 0.6 is 0 Å². The summed E-state index contributed by atoms with van der Waals surface area (Å²) in [5.41, 5.74) is 2.58. The van der Waals surface area contributed by atoms with Gasteiger partial charge in [-0.3, -0.25) is 14.4 Å². The standard InChI is InChI=1S/C15H19NO4/c1-2-20-14(19)8-7-10-12(9-17)16-11-5-3-4-6-13(18)15(10)11/h9,16H,2-8H2,1H3. The van der Waals surface area contributed by atoms with Crippen LogP contribution in [0.1, 0.15) is 64.7 Å². The summed E-state index contributed by atoms with van der Waals surface area (Å²) in [6.07, 6.45) is 4.37. The van der Waals surface area contributed by atoms with Crippen LogP contribution in [-0.4, -0.2) is 29.6 Å². The molecular weight excluding hydrogens is 258 g/mol. The minimum atomic E-state index is -0.305. The molecule has 0 atom stereocenters. The van der Waals surface area contributed by atoms with Crippen molar-refractivity contribution >= 4 is 18.0 Å². The van der Waals surface area contributed by atoms with Crippen LogP contribution in [0.5, 0.6) is 0 Å². The third-order valence-corrected chi connectivity index (χ3v) is 3.58. The maximum atomic E-state index is 12.2. The van der Waals surface area contributed by atoms with E-state index < -0.39 is 0 Å². The molecule has 0 saturated heterocycles. The molecule has 0 unspecified atom stereocenters. The van der Waals surface area contributed by atoms with E-state index in [1.165, 1.54) is 0 Å². The summed E-state index contributed by atoms with van der Waals surface area (Å²) in [4.78, 5) is 37.8. The molecule has 0 aromatic carbocycles. The van der Waals surface area contributed by atoms with E-state index >= 15 is 0 Å². The van der Waals surface area contributed by atoms with E-state index in [0.29, 0.717) is 36.3 Å². The van der Waals surface area contributed by atoms with E-state index in [4.69, 9.17) is 4.74 Å². The Hall–Kier alpha value is -1.91. The lowest BCUT2D eigenvalue weighted by Gasteiger charge is -2.04. The van der Waals surface area contributed by atoms with Gasteiger partial charge < -0.3 is 9.72 Å². The number of fused-ring (bicyclic) bond motifs is 1. The topological polar surface area (TPSA) is 76.2 Å². The van der Waals surface area contributed by atoms with Gasteiger partial charge in [0.25, 0.3) is 0 Å². The average molecular weight is 277 g/mol. The van der Waals surface area contributed by atoms with Gasteiger partial charge in [0.1, 0.15) is 0 Å². The lowest BCUT2D eigenvalue weighted by atomic mass is 9.99. The Kier molecular flexibility index (Phi) is 4.71. The Bertz CT molecular complexity index is 530. The molecule has 0 amide bonds. The van der Waals surface area contributed by atoms with Gasteiger partial charge in [0.05, 0.1) is 12.3 Å². The van der Waals surface area contributed by atoms with Gasteiger partial charge in [-0.05, 0) is 38.2 Å². The molecule has 0 fully saturated rings. The van der Waals surface area contributed by atoms with Crippen molar-refractivity contribution in [2.45, 2.75) is 45.4 Å². The predicted octanol–water partition coefficient (Wildman–Crippen LogP) is 2.23. The quantitative estimate of drug-likeness (QED) is 0.508. The summed E-state index contributed by atoms with van der Waals surface area (Å²) in [5.74, 6) is -0.235. The number of ketones is 1. The molecule has 1 N–H and O–H groups in total. The number of carbonyl (C=O) groups is 3. The highest BCUT2D eigenvalue weighted by Gasteiger charge is 2.24. The highest BCUT2D eigenvalue weighted by molar-refractivity contribution is 6.01. The first-order chi connectivity index (χ1) is 9.67. The van der Waals surface area contributed by atoms with E-state index in [9.17, 15) is 14.4 Å². The summed E-state index contributed by atoms with van der Waals surface area (Å²) >= 11 is 0. The van der Waals surface area contributed by atoms with E-state index in [0.717, 1.165) is 31.2 Å². The van der Waals surface area contributed by atoms with Crippen molar-refractivity contribution < 1.29 is 19.1 Å². The molecule has 0 saturated carbocycles. The minimum absolute atomic E-state index is 0.0701. The molecule has 1 aliphatic carbocycles. The number of hydrogen-bond acceptors (Lipinski definition) is 4. The number of nitrogens with one attached hydrogen (secondary N) is 1. The number of aromatic nitrogens is 1. The van der Waals surface area contributed by atoms with Crippen molar-refractivity contribution in [3.63, 3.8) is 0 Å². The van der Waals surface area contributed by atoms with Gasteiger partial charge in [-0.2, -0.15) is 0 Å². The Morgan fingerprint density at radius 3 is 2.80 bits per heavy atom. The molecule has 20 heavy (non-hydrogen) atoms. The van der Waals surface area contributed by atoms with E-state index in [2.05, 4.69) is 4.98 Å². The van der Waals surface area contributed by atoms with Gasteiger partial charge in [-0.15, -0.1) is 0 Å². The van der Waals surface area contributed by atoms with Crippen molar-refractivity contribution in [3.8, 4) is 0 Å². The van der Waals surface area contributed by atoms with Crippen molar-refractivity contribution in [2.24, 2.45) is 0 Å². The summed E-state index contributed by atoms with van der Waals surface area (Å²) < 4.78 is 4.89. The maximum Gasteiger partial charge on any atom is 0.306 e. The second kappa shape index (κ2) is 6.50. The molecule has 1 aromatic heterocycles. The number of aromatic amines is 1. The van der Waals surface area contributed by atoms with Crippen LogP contribution in [0.3, 0.4) is 0 Å². The third-order valence-electron chi connectivity index (χ3n) is 3.58. The molecule has 1 heterocycles. The van der Waals surface area contributed by atoms with Gasteiger partial charge in [0.2, 0.25) is 0 Å². The summed E-state index contributed by atoms with van der Waals surface area (Å²) in [6.45, 7) is 2.09. The SMILES string of the molecule is CCOC(=O)CCc1c(C=O)[nH]c2c1C(=O)CCCC2. The Balaban J connectivity index is 2.26. The molecule has 5 heteroatoms. The number of esters is 1. The smallest absolute Gasteiger partial charge is 0.306 e. The average Bonchev–Trinajstić information content (AvgIpc) is 2.69. The Morgan fingerprint density at radius 1 is 1.35 bits per heavy atom. The lowest BCUT2D eigenvalue weighted by Crippen LogP contribution is -2.08. The summed E-state index contributed by atoms with van der Waals surface area (Å²) in [7, 11) is 0. The van der Waals surface area contributed by atoms with E-state index in [1.807, 2.05) is 0 Å². The summed E-state index contributed by atoms with van der Waals surface area (Å²) in [5, 5.41) is 0. The number of Topliss-reactive ketones (excluding diaryl/α,β-unsaturated/α-hetero) is 1. The van der Waals surface area contributed by atoms with Crippen LogP contribution in [0, 0.1) is 0 Å². The number of ether oxygens (including phenoxy) is 1. The second-order valence-electron chi connectivity index (χ2n) is 4.92. The van der Waals surface area contributed by atoms with Gasteiger partial charge in [0, 0.05) is 24.1 Å². The number of aldehydes is 1. The molecule has 0 radical (unpaired) electrons. The molecule has 0 spiro atoms. The van der Waals surface area contributed by atoms with Crippen molar-refractivity contribution in [1.82, 2.24) is 4.98 Å². The zero-order valence-corrected chi connectivity index (χ0v) is 11.7. The van der Waals surface area contributed by atoms with Gasteiger partial charge in [-0.25, -0.2) is 0 Å². The highest BCUT2D eigenvalue weighted by atomic mass is 16.5. The van der Waals surface area contributed by atoms with E-state index in [-0.39, 0.29) is 18.2 Å². The van der Waals surface area contributed by atoms with Crippen LogP contribution in [0.4, 0.5) is 0 Å². The number of carbonyl (C=O) groups excluding carboxylic acids is 3. The molecule has 108 valence electrons. The van der Waals surface area contributed by atoms with Crippen LogP contribution in [0.25, 0.3) is 0 Å². The zero-order valence-electron chi connectivity index (χ0n) is 11.7. The number of hydrogen-bond donors (Lipinski definition) is 1. The zero-order chi connectivity index (χ0) is 14.5. The van der Waals surface area contributed by atoms with Gasteiger partial charge in [-0.1, -0.05) is 0 Å². The molecular formula is C15H19NO4. The van der Waals surface area contributed by atoms with Gasteiger partial charge in [0.15, 0.2) is 12.1 Å². The fourth-order valence-electron chi connectivity index (χ4n) is 2.67.